The van der Waals surface area contributed by atoms with Crippen LogP contribution in [-0.2, 0) is 4.79 Å². The first-order valence-electron chi connectivity index (χ1n) is 15.1. The van der Waals surface area contributed by atoms with E-state index in [2.05, 4.69) is 12.2 Å². The van der Waals surface area contributed by atoms with Crippen molar-refractivity contribution in [3.05, 3.63) is 66.2 Å². The van der Waals surface area contributed by atoms with Crippen LogP contribution in [0.25, 0.3) is 22.3 Å². The monoisotopic (exact) mass is 575 g/mol. The summed E-state index contributed by atoms with van der Waals surface area (Å²) in [4.78, 5) is 24.9. The number of carbonyl (C=O) groups is 2. The number of benzene rings is 3. The van der Waals surface area contributed by atoms with E-state index in [1.54, 1.807) is 26.4 Å². The lowest BCUT2D eigenvalue weighted by Crippen LogP contribution is -2.24. The summed E-state index contributed by atoms with van der Waals surface area (Å²) in [6, 6.07) is 18.3. The van der Waals surface area contributed by atoms with Crippen molar-refractivity contribution >= 4 is 11.9 Å². The quantitative estimate of drug-likeness (QED) is 0.140. The number of unbranched alkanes of at least 4 members (excludes halogenated alkanes) is 9. The fraction of sp³-hybridized carbons (Fsp3) is 0.429. The van der Waals surface area contributed by atoms with Crippen molar-refractivity contribution in [1.29, 1.82) is 0 Å². The van der Waals surface area contributed by atoms with Gasteiger partial charge < -0.3 is 24.6 Å². The molecule has 0 bridgehead atoms. The van der Waals surface area contributed by atoms with Gasteiger partial charge in [-0.1, -0.05) is 89.0 Å². The number of hydrogen-bond donors (Lipinski definition) is 2. The molecule has 0 unspecified atom stereocenters. The molecule has 0 heterocycles. The minimum atomic E-state index is -1.10. The zero-order valence-electron chi connectivity index (χ0n) is 25.2. The van der Waals surface area contributed by atoms with Crippen LogP contribution in [0.3, 0.4) is 0 Å². The highest BCUT2D eigenvalue weighted by Crippen LogP contribution is 2.42. The maximum atomic E-state index is 13.4. The van der Waals surface area contributed by atoms with Crippen LogP contribution in [0, 0.1) is 0 Å². The average Bonchev–Trinajstić information content (AvgIpc) is 3.02. The summed E-state index contributed by atoms with van der Waals surface area (Å²) >= 11 is 0. The first kappa shape index (κ1) is 32.5. The SMILES string of the molecule is CCCCCCCCCCCCNC(=O)c1cc(-c2cccc(OC)c2)c(OCC(=O)O)c(-c2cccc(OC)c2)c1. The molecule has 3 aromatic carbocycles. The van der Waals surface area contributed by atoms with Crippen LogP contribution in [-0.4, -0.2) is 44.4 Å². The fourth-order valence-electron chi connectivity index (χ4n) is 4.98. The van der Waals surface area contributed by atoms with Gasteiger partial charge in [-0.05, 0) is 53.9 Å². The third-order valence-corrected chi connectivity index (χ3v) is 7.27. The summed E-state index contributed by atoms with van der Waals surface area (Å²) in [5, 5.41) is 12.5. The molecule has 42 heavy (non-hydrogen) atoms. The standard InChI is InChI=1S/C35H45NO6/c1-4-5-6-7-8-9-10-11-12-13-20-36-35(39)28-23-31(26-16-14-18-29(21-26)40-2)34(42-25-33(37)38)32(24-28)27-17-15-19-30(22-27)41-3/h14-19,21-24H,4-13,20,25H2,1-3H3,(H,36,39)(H,37,38). The summed E-state index contributed by atoms with van der Waals surface area (Å²) in [5.41, 5.74) is 3.13. The molecule has 2 N–H and O–H groups in total. The Kier molecular flexibility index (Phi) is 13.7. The Balaban J connectivity index is 1.82. The molecule has 0 aromatic heterocycles. The zero-order valence-corrected chi connectivity index (χ0v) is 25.2. The number of rotatable bonds is 19. The summed E-state index contributed by atoms with van der Waals surface area (Å²) in [7, 11) is 3.17. The molecule has 0 atom stereocenters. The van der Waals surface area contributed by atoms with Crippen molar-refractivity contribution in [3.8, 4) is 39.5 Å². The van der Waals surface area contributed by atoms with Gasteiger partial charge in [-0.3, -0.25) is 4.79 Å². The first-order chi connectivity index (χ1) is 20.5. The predicted molar refractivity (Wildman–Crippen MR) is 168 cm³/mol. The topological polar surface area (TPSA) is 94.1 Å². The highest BCUT2D eigenvalue weighted by molar-refractivity contribution is 5.99. The third-order valence-electron chi connectivity index (χ3n) is 7.27. The zero-order chi connectivity index (χ0) is 30.2. The maximum absolute atomic E-state index is 13.4. The number of aliphatic carboxylic acids is 1. The van der Waals surface area contributed by atoms with Crippen LogP contribution in [0.2, 0.25) is 0 Å². The number of carboxylic acids is 1. The van der Waals surface area contributed by atoms with Crippen LogP contribution in [0.4, 0.5) is 0 Å². The van der Waals surface area contributed by atoms with Gasteiger partial charge in [-0.2, -0.15) is 0 Å². The van der Waals surface area contributed by atoms with Gasteiger partial charge >= 0.3 is 5.97 Å². The van der Waals surface area contributed by atoms with Gasteiger partial charge in [0.15, 0.2) is 6.61 Å². The molecule has 7 nitrogen and oxygen atoms in total. The molecule has 0 aliphatic heterocycles. The van der Waals surface area contributed by atoms with E-state index in [-0.39, 0.29) is 5.91 Å². The smallest absolute Gasteiger partial charge is 0.341 e. The Morgan fingerprint density at radius 3 is 1.69 bits per heavy atom. The molecule has 3 rings (SSSR count). The molecular formula is C35H45NO6. The van der Waals surface area contributed by atoms with Gasteiger partial charge in [0.05, 0.1) is 14.2 Å². The van der Waals surface area contributed by atoms with Gasteiger partial charge in [0.25, 0.3) is 5.91 Å². The molecule has 226 valence electrons. The Hall–Kier alpha value is -4.00. The normalized spacial score (nSPS) is 10.7. The Labute approximate surface area is 250 Å². The summed E-state index contributed by atoms with van der Waals surface area (Å²) in [5.74, 6) is 0.349. The molecule has 0 saturated carbocycles. The fourth-order valence-corrected chi connectivity index (χ4v) is 4.98. The molecule has 0 aliphatic carbocycles. The minimum Gasteiger partial charge on any atom is -0.497 e. The Morgan fingerprint density at radius 2 is 1.21 bits per heavy atom. The summed E-state index contributed by atoms with van der Waals surface area (Å²) < 4.78 is 16.7. The van der Waals surface area contributed by atoms with E-state index in [1.807, 2.05) is 48.5 Å². The number of amides is 1. The van der Waals surface area contributed by atoms with Crippen molar-refractivity contribution in [3.63, 3.8) is 0 Å². The Morgan fingerprint density at radius 1 is 0.714 bits per heavy atom. The van der Waals surface area contributed by atoms with E-state index in [9.17, 15) is 14.7 Å². The second-order valence-electron chi connectivity index (χ2n) is 10.5. The molecule has 1 amide bonds. The van der Waals surface area contributed by atoms with E-state index in [0.717, 1.165) is 24.0 Å². The lowest BCUT2D eigenvalue weighted by molar-refractivity contribution is -0.139. The maximum Gasteiger partial charge on any atom is 0.341 e. The molecule has 0 spiro atoms. The second-order valence-corrected chi connectivity index (χ2v) is 10.5. The van der Waals surface area contributed by atoms with Crippen molar-refractivity contribution < 1.29 is 28.9 Å². The van der Waals surface area contributed by atoms with Gasteiger partial charge in [0, 0.05) is 23.2 Å². The van der Waals surface area contributed by atoms with Crippen LogP contribution in [0.1, 0.15) is 81.5 Å². The Bertz CT molecular complexity index is 1220. The van der Waals surface area contributed by atoms with E-state index >= 15 is 0 Å². The summed E-state index contributed by atoms with van der Waals surface area (Å²) in [6.07, 6.45) is 12.3. The third kappa shape index (κ3) is 10.1. The number of methoxy groups -OCH3 is 2. The highest BCUT2D eigenvalue weighted by atomic mass is 16.5. The van der Waals surface area contributed by atoms with Crippen LogP contribution >= 0.6 is 0 Å². The molecule has 0 aliphatic rings. The van der Waals surface area contributed by atoms with Crippen LogP contribution < -0.4 is 19.5 Å². The van der Waals surface area contributed by atoms with Gasteiger partial charge in [0.2, 0.25) is 0 Å². The second kappa shape index (κ2) is 17.7. The molecule has 3 aromatic rings. The number of hydrogen-bond acceptors (Lipinski definition) is 5. The average molecular weight is 576 g/mol. The van der Waals surface area contributed by atoms with E-state index < -0.39 is 12.6 Å². The van der Waals surface area contributed by atoms with E-state index in [1.165, 1.54) is 51.4 Å². The molecule has 0 radical (unpaired) electrons. The lowest BCUT2D eigenvalue weighted by Gasteiger charge is -2.19. The van der Waals surface area contributed by atoms with Gasteiger partial charge in [0.1, 0.15) is 17.2 Å². The van der Waals surface area contributed by atoms with Crippen molar-refractivity contribution in [2.75, 3.05) is 27.4 Å². The highest BCUT2D eigenvalue weighted by Gasteiger charge is 2.20. The molecule has 0 fully saturated rings. The van der Waals surface area contributed by atoms with E-state index in [0.29, 0.717) is 40.5 Å². The van der Waals surface area contributed by atoms with Crippen LogP contribution in [0.5, 0.6) is 17.2 Å². The van der Waals surface area contributed by atoms with Crippen LogP contribution in [0.15, 0.2) is 60.7 Å². The summed E-state index contributed by atoms with van der Waals surface area (Å²) in [6.45, 7) is 2.30. The molecular weight excluding hydrogens is 530 g/mol. The van der Waals surface area contributed by atoms with Crippen molar-refractivity contribution in [2.45, 2.75) is 71.1 Å². The van der Waals surface area contributed by atoms with Crippen molar-refractivity contribution in [2.24, 2.45) is 0 Å². The largest absolute Gasteiger partial charge is 0.497 e. The molecule has 7 heteroatoms. The van der Waals surface area contributed by atoms with E-state index in [4.69, 9.17) is 14.2 Å². The lowest BCUT2D eigenvalue weighted by atomic mass is 9.93. The number of nitrogens with one attached hydrogen (secondary N) is 1. The molecule has 0 saturated heterocycles. The number of ether oxygens (including phenoxy) is 3. The number of carboxylic acid groups (broad SMARTS) is 1. The van der Waals surface area contributed by atoms with Crippen molar-refractivity contribution in [1.82, 2.24) is 5.32 Å². The van der Waals surface area contributed by atoms with Gasteiger partial charge in [-0.25, -0.2) is 4.79 Å². The number of carbonyl (C=O) groups excluding carboxylic acids is 1. The van der Waals surface area contributed by atoms with Gasteiger partial charge in [-0.15, -0.1) is 0 Å². The first-order valence-corrected chi connectivity index (χ1v) is 15.1. The predicted octanol–water partition coefficient (Wildman–Crippen LogP) is 8.15. The minimum absolute atomic E-state index is 0.191.